The predicted molar refractivity (Wildman–Crippen MR) is 76.0 cm³/mol. The van der Waals surface area contributed by atoms with Gasteiger partial charge >= 0.3 is 5.97 Å². The maximum Gasteiger partial charge on any atom is 0.344 e. The first-order chi connectivity index (χ1) is 9.38. The molecule has 0 N–H and O–H groups in total. The summed E-state index contributed by atoms with van der Waals surface area (Å²) in [6.45, 7) is 8.10. The molecule has 0 saturated heterocycles. The van der Waals surface area contributed by atoms with Gasteiger partial charge in [-0.2, -0.15) is 0 Å². The van der Waals surface area contributed by atoms with E-state index in [0.29, 0.717) is 6.54 Å². The van der Waals surface area contributed by atoms with Crippen LogP contribution in [0.15, 0.2) is 42.6 Å². The van der Waals surface area contributed by atoms with Crippen molar-refractivity contribution in [1.82, 2.24) is 4.85 Å². The van der Waals surface area contributed by atoms with Crippen LogP contribution < -0.4 is 9.52 Å². The van der Waals surface area contributed by atoms with Crippen LogP contribution in [0.25, 0.3) is 0 Å². The molecule has 1 aromatic heterocycles. The van der Waals surface area contributed by atoms with Gasteiger partial charge in [0.2, 0.25) is 6.54 Å². The van der Waals surface area contributed by atoms with Crippen LogP contribution >= 0.6 is 0 Å². The maximum atomic E-state index is 12.0. The highest BCUT2D eigenvalue weighted by Crippen LogP contribution is 2.13. The molecule has 0 saturated carbocycles. The Morgan fingerprint density at radius 3 is 2.45 bits per heavy atom. The van der Waals surface area contributed by atoms with E-state index in [1.54, 1.807) is 4.85 Å². The summed E-state index contributed by atoms with van der Waals surface area (Å²) in [5.74, 6) is -0.251. The largest absolute Gasteiger partial charge is 0.344 e. The van der Waals surface area contributed by atoms with Crippen molar-refractivity contribution in [2.75, 3.05) is 0 Å². The first-order valence-electron chi connectivity index (χ1n) is 6.73. The molecule has 0 atom stereocenters. The molecular weight excluding hydrogens is 252 g/mol. The summed E-state index contributed by atoms with van der Waals surface area (Å²) in [6, 6.07) is 12.0. The molecule has 0 radical (unpaired) electrons. The van der Waals surface area contributed by atoms with Gasteiger partial charge in [0.15, 0.2) is 6.20 Å². The predicted octanol–water partition coefficient (Wildman–Crippen LogP) is 2.13. The van der Waals surface area contributed by atoms with Crippen LogP contribution in [0, 0.1) is 12.3 Å². The second kappa shape index (κ2) is 5.49. The van der Waals surface area contributed by atoms with E-state index < -0.39 is 5.41 Å². The smallest absolute Gasteiger partial charge is 0.288 e. The zero-order chi connectivity index (χ0) is 14.8. The Bertz CT molecular complexity index is 595. The van der Waals surface area contributed by atoms with Gasteiger partial charge < -0.3 is 0 Å². The number of benzene rings is 1. The molecule has 0 aliphatic carbocycles. The lowest BCUT2D eigenvalue weighted by atomic mass is 9.98. The Balaban J connectivity index is 2.22. The van der Waals surface area contributed by atoms with Crippen molar-refractivity contribution in [2.45, 2.75) is 34.2 Å². The third kappa shape index (κ3) is 3.26. The lowest BCUT2D eigenvalue weighted by Gasteiger charge is -2.15. The third-order valence-electron chi connectivity index (χ3n) is 2.99. The van der Waals surface area contributed by atoms with Crippen molar-refractivity contribution < 1.29 is 14.3 Å². The molecule has 2 rings (SSSR count). The number of hydrogen-bond acceptors (Lipinski definition) is 2. The van der Waals surface area contributed by atoms with Crippen molar-refractivity contribution in [2.24, 2.45) is 5.41 Å². The van der Waals surface area contributed by atoms with Crippen molar-refractivity contribution in [3.63, 3.8) is 0 Å². The molecule has 0 spiro atoms. The van der Waals surface area contributed by atoms with Crippen LogP contribution in [-0.2, 0) is 11.3 Å². The van der Waals surface area contributed by atoms with E-state index in [1.807, 2.05) is 75.0 Å². The number of rotatable bonds is 3. The van der Waals surface area contributed by atoms with Crippen LogP contribution in [0.2, 0.25) is 0 Å². The van der Waals surface area contributed by atoms with Crippen LogP contribution in [0.3, 0.4) is 0 Å². The van der Waals surface area contributed by atoms with Crippen LogP contribution in [0.1, 0.15) is 32.0 Å². The summed E-state index contributed by atoms with van der Waals surface area (Å²) in [7, 11) is 0. The fraction of sp³-hybridized carbons (Fsp3) is 0.375. The topological polar surface area (TPSA) is 35.1 Å². The second-order valence-electron chi connectivity index (χ2n) is 5.94. The Morgan fingerprint density at radius 1 is 1.20 bits per heavy atom. The number of nitrogens with zero attached hydrogens (tertiary/aromatic N) is 2. The average Bonchev–Trinajstić information content (AvgIpc) is 2.71. The Morgan fingerprint density at radius 2 is 1.85 bits per heavy atom. The Labute approximate surface area is 119 Å². The Hall–Kier alpha value is -2.10. The summed E-state index contributed by atoms with van der Waals surface area (Å²) >= 11 is 0. The number of hydrogen-bond donors (Lipinski definition) is 0. The molecule has 4 heteroatoms. The summed E-state index contributed by atoms with van der Waals surface area (Å²) in [5.41, 5.74) is 1.52. The van der Waals surface area contributed by atoms with Gasteiger partial charge in [0.05, 0.1) is 5.41 Å². The fourth-order valence-electron chi connectivity index (χ4n) is 1.75. The average molecular weight is 273 g/mol. The first kappa shape index (κ1) is 14.3. The van der Waals surface area contributed by atoms with E-state index >= 15 is 0 Å². The van der Waals surface area contributed by atoms with E-state index in [1.165, 1.54) is 0 Å². The van der Waals surface area contributed by atoms with Crippen LogP contribution in [0.4, 0.5) is 0 Å². The SMILES string of the molecule is Cc1cc[n+](Cc2ccccc2)n1OC(=O)C(C)(C)C. The van der Waals surface area contributed by atoms with Gasteiger partial charge in [-0.25, -0.2) is 4.79 Å². The molecule has 0 aliphatic heterocycles. The molecule has 0 aliphatic rings. The minimum Gasteiger partial charge on any atom is -0.288 e. The molecular formula is C16H21N2O2+. The van der Waals surface area contributed by atoms with E-state index in [2.05, 4.69) is 0 Å². The standard InChI is InChI=1S/C16H21N2O2/c1-13-10-11-17(12-14-8-6-5-7-9-14)18(13)20-15(19)16(2,3)4/h5-11H,12H2,1-4H3/q+1. The molecule has 1 heterocycles. The lowest BCUT2D eigenvalue weighted by Crippen LogP contribution is -2.49. The molecule has 0 amide bonds. The summed E-state index contributed by atoms with van der Waals surface area (Å²) in [6.07, 6.45) is 1.91. The number of aryl methyl sites for hydroxylation is 1. The van der Waals surface area contributed by atoms with E-state index in [4.69, 9.17) is 4.84 Å². The highest BCUT2D eigenvalue weighted by molar-refractivity contribution is 5.75. The van der Waals surface area contributed by atoms with Crippen molar-refractivity contribution in [3.05, 3.63) is 53.9 Å². The zero-order valence-electron chi connectivity index (χ0n) is 12.5. The van der Waals surface area contributed by atoms with Gasteiger partial charge in [-0.1, -0.05) is 35.0 Å². The van der Waals surface area contributed by atoms with Crippen LogP contribution in [-0.4, -0.2) is 10.8 Å². The summed E-state index contributed by atoms with van der Waals surface area (Å²) in [5, 5.41) is 0. The summed E-state index contributed by atoms with van der Waals surface area (Å²) in [4.78, 5) is 19.1. The van der Waals surface area contributed by atoms with Gasteiger partial charge in [0.25, 0.3) is 0 Å². The number of carbonyl (C=O) groups excluding carboxylic acids is 1. The molecule has 106 valence electrons. The second-order valence-corrected chi connectivity index (χ2v) is 5.94. The highest BCUT2D eigenvalue weighted by Gasteiger charge is 2.27. The minimum absolute atomic E-state index is 0.251. The number of carbonyl (C=O) groups is 1. The van der Waals surface area contributed by atoms with Crippen molar-refractivity contribution >= 4 is 5.97 Å². The minimum atomic E-state index is -0.527. The van der Waals surface area contributed by atoms with Crippen LogP contribution in [0.5, 0.6) is 0 Å². The van der Waals surface area contributed by atoms with Gasteiger partial charge in [-0.15, -0.1) is 0 Å². The normalized spacial score (nSPS) is 11.4. The molecule has 0 unspecified atom stereocenters. The van der Waals surface area contributed by atoms with E-state index in [0.717, 1.165) is 11.3 Å². The molecule has 20 heavy (non-hydrogen) atoms. The molecule has 2 aromatic rings. The fourth-order valence-corrected chi connectivity index (χ4v) is 1.75. The van der Waals surface area contributed by atoms with Crippen molar-refractivity contribution in [3.8, 4) is 0 Å². The highest BCUT2D eigenvalue weighted by atomic mass is 16.7. The van der Waals surface area contributed by atoms with Gasteiger partial charge in [0.1, 0.15) is 5.69 Å². The molecule has 4 nitrogen and oxygen atoms in total. The molecule has 1 aromatic carbocycles. The van der Waals surface area contributed by atoms with E-state index in [9.17, 15) is 4.79 Å². The molecule has 0 fully saturated rings. The third-order valence-corrected chi connectivity index (χ3v) is 2.99. The van der Waals surface area contributed by atoms with E-state index in [-0.39, 0.29) is 5.97 Å². The zero-order valence-corrected chi connectivity index (χ0v) is 12.5. The first-order valence-corrected chi connectivity index (χ1v) is 6.73. The monoisotopic (exact) mass is 273 g/mol. The van der Waals surface area contributed by atoms with Gasteiger partial charge in [-0.3, -0.25) is 4.84 Å². The van der Waals surface area contributed by atoms with Gasteiger partial charge in [0, 0.05) is 16.5 Å². The lowest BCUT2D eigenvalue weighted by molar-refractivity contribution is -0.789. The Kier molecular flexibility index (Phi) is 3.93. The quantitative estimate of drug-likeness (QED) is 0.803. The van der Waals surface area contributed by atoms with Gasteiger partial charge in [-0.05, 0) is 27.7 Å². The molecule has 0 bridgehead atoms. The number of aromatic nitrogens is 2. The van der Waals surface area contributed by atoms with Crippen molar-refractivity contribution in [1.29, 1.82) is 0 Å². The maximum absolute atomic E-state index is 12.0. The summed E-state index contributed by atoms with van der Waals surface area (Å²) < 4.78 is 1.88.